The van der Waals surface area contributed by atoms with Crippen molar-refractivity contribution < 1.29 is 9.31 Å². The number of rotatable bonds is 12. The van der Waals surface area contributed by atoms with Gasteiger partial charge in [-0.15, -0.1) is 11.3 Å². The first-order valence-electron chi connectivity index (χ1n) is 17.9. The molecule has 0 N–H and O–H groups in total. The van der Waals surface area contributed by atoms with E-state index in [9.17, 15) is 0 Å². The number of hydrogen-bond donors (Lipinski definition) is 0. The first kappa shape index (κ1) is 42.1. The minimum Gasteiger partial charge on any atom is -0.399 e. The molecule has 0 saturated carbocycles. The van der Waals surface area contributed by atoms with Gasteiger partial charge in [-0.3, -0.25) is 0 Å². The summed E-state index contributed by atoms with van der Waals surface area (Å²) in [6, 6.07) is 12.7. The molecule has 0 unspecified atom stereocenters. The Labute approximate surface area is 350 Å². The minimum atomic E-state index is -0.247. The van der Waals surface area contributed by atoms with E-state index in [0.29, 0.717) is 0 Å². The maximum Gasteiger partial charge on any atom is 0.505 e. The molecular weight excluding hydrogens is 923 g/mol. The summed E-state index contributed by atoms with van der Waals surface area (Å²) >= 11 is 16.4. The summed E-state index contributed by atoms with van der Waals surface area (Å²) in [6.07, 6.45) is 12.9. The summed E-state index contributed by atoms with van der Waals surface area (Å²) < 4.78 is 33.5. The maximum atomic E-state index is 6.09. The molecule has 0 aliphatic carbocycles. The van der Waals surface area contributed by atoms with Gasteiger partial charge in [0, 0.05) is 28.6 Å². The van der Waals surface area contributed by atoms with Crippen LogP contribution in [-0.4, -0.2) is 35.8 Å². The second-order valence-corrected chi connectivity index (χ2v) is 19.4. The Bertz CT molecular complexity index is 1970. The van der Waals surface area contributed by atoms with Crippen LogP contribution in [0, 0.1) is 0 Å². The molecule has 14 heteroatoms. The fourth-order valence-electron chi connectivity index (χ4n) is 5.61. The summed E-state index contributed by atoms with van der Waals surface area (Å²) in [5, 5.41) is 4.54. The van der Waals surface area contributed by atoms with Crippen molar-refractivity contribution >= 4 is 128 Å². The number of halogens is 3. The van der Waals surface area contributed by atoms with E-state index in [1.54, 1.807) is 11.3 Å². The second kappa shape index (κ2) is 19.7. The van der Waals surface area contributed by atoms with Gasteiger partial charge in [0.15, 0.2) is 0 Å². The first-order chi connectivity index (χ1) is 24.9. The van der Waals surface area contributed by atoms with Crippen LogP contribution in [0.15, 0.2) is 60.6 Å². The molecule has 0 atom stereocenters. The van der Waals surface area contributed by atoms with Crippen molar-refractivity contribution in [2.75, 3.05) is 0 Å². The van der Waals surface area contributed by atoms with Gasteiger partial charge in [-0.1, -0.05) is 58.4 Å². The Hall–Kier alpha value is -1.10. The van der Waals surface area contributed by atoms with Crippen molar-refractivity contribution in [1.82, 2.24) is 17.5 Å². The van der Waals surface area contributed by atoms with Crippen LogP contribution in [-0.2, 0) is 22.2 Å². The lowest BCUT2D eigenvalue weighted by molar-refractivity contribution is 0.00578. The average Bonchev–Trinajstić information content (AvgIpc) is 3.95. The van der Waals surface area contributed by atoms with Gasteiger partial charge in [0.05, 0.1) is 34.7 Å². The lowest BCUT2D eigenvalue weighted by Gasteiger charge is -2.32. The van der Waals surface area contributed by atoms with Crippen molar-refractivity contribution in [3.8, 4) is 10.4 Å². The molecule has 5 heterocycles. The molecular formula is C38H46BBr3N4O2S4. The van der Waals surface area contributed by atoms with Gasteiger partial charge in [-0.2, -0.15) is 28.8 Å². The molecule has 1 aliphatic rings. The van der Waals surface area contributed by atoms with Crippen molar-refractivity contribution in [1.29, 1.82) is 0 Å². The molecule has 52 heavy (non-hydrogen) atoms. The molecule has 278 valence electrons. The van der Waals surface area contributed by atoms with Gasteiger partial charge in [0.1, 0.15) is 22.1 Å². The van der Waals surface area contributed by atoms with Crippen LogP contribution in [0.3, 0.4) is 0 Å². The number of aryl methyl sites for hydroxylation is 2. The lowest BCUT2D eigenvalue weighted by Crippen LogP contribution is -2.41. The van der Waals surface area contributed by atoms with Crippen molar-refractivity contribution in [2.45, 2.75) is 117 Å². The number of benzene rings is 2. The molecule has 0 spiro atoms. The van der Waals surface area contributed by atoms with Crippen molar-refractivity contribution in [3.05, 3.63) is 71.7 Å². The van der Waals surface area contributed by atoms with E-state index in [1.165, 1.54) is 114 Å². The fourth-order valence-corrected chi connectivity index (χ4v) is 10.2. The molecule has 4 aromatic heterocycles. The van der Waals surface area contributed by atoms with Gasteiger partial charge in [0.25, 0.3) is 0 Å². The summed E-state index contributed by atoms with van der Waals surface area (Å²) in [4.78, 5) is 1.30. The highest BCUT2D eigenvalue weighted by Crippen LogP contribution is 2.38. The van der Waals surface area contributed by atoms with E-state index >= 15 is 0 Å². The van der Waals surface area contributed by atoms with Crippen LogP contribution in [0.2, 0.25) is 0 Å². The quantitative estimate of drug-likeness (QED) is 0.0899. The molecule has 0 radical (unpaired) electrons. The van der Waals surface area contributed by atoms with E-state index in [4.69, 9.17) is 9.31 Å². The highest BCUT2D eigenvalue weighted by atomic mass is 79.9. The molecule has 6 aromatic rings. The van der Waals surface area contributed by atoms with E-state index in [0.717, 1.165) is 35.5 Å². The number of nitrogens with zero attached hydrogens (tertiary/aromatic N) is 4. The van der Waals surface area contributed by atoms with Gasteiger partial charge in [-0.05, 0) is 153 Å². The topological polar surface area (TPSA) is 70.0 Å². The van der Waals surface area contributed by atoms with Gasteiger partial charge >= 0.3 is 7.12 Å². The van der Waals surface area contributed by atoms with E-state index in [-0.39, 0.29) is 18.3 Å². The summed E-state index contributed by atoms with van der Waals surface area (Å²) in [6.45, 7) is 12.9. The SMILES string of the molecule is Brc1ccc(Br)c2nsnc12.CCCCCCc1csc(-c2ccc(Br)c3nsnc23)c1.CCCCCCc1csc(B2OC(C)(C)C(C)(C)O2)c1. The zero-order valence-electron chi connectivity index (χ0n) is 30.6. The molecule has 6 nitrogen and oxygen atoms in total. The molecule has 2 aromatic carbocycles. The molecule has 0 amide bonds. The van der Waals surface area contributed by atoms with Gasteiger partial charge in [0.2, 0.25) is 0 Å². The smallest absolute Gasteiger partial charge is 0.399 e. The Kier molecular flexibility index (Phi) is 15.9. The maximum absolute atomic E-state index is 6.09. The first-order valence-corrected chi connectivity index (χ1v) is 23.5. The Morgan fingerprint density at radius 2 is 1.06 bits per heavy atom. The van der Waals surface area contributed by atoms with Crippen LogP contribution >= 0.6 is 93.9 Å². The van der Waals surface area contributed by atoms with E-state index in [2.05, 4.69) is 142 Å². The molecule has 1 fully saturated rings. The third-order valence-electron chi connectivity index (χ3n) is 9.40. The minimum absolute atomic E-state index is 0.200. The van der Waals surface area contributed by atoms with Crippen LogP contribution in [0.4, 0.5) is 0 Å². The second-order valence-electron chi connectivity index (χ2n) is 13.9. The summed E-state index contributed by atoms with van der Waals surface area (Å²) in [7, 11) is -0.200. The predicted molar refractivity (Wildman–Crippen MR) is 237 cm³/mol. The van der Waals surface area contributed by atoms with Crippen molar-refractivity contribution in [2.24, 2.45) is 0 Å². The third-order valence-corrected chi connectivity index (χ3v) is 14.4. The van der Waals surface area contributed by atoms with Crippen LogP contribution in [0.25, 0.3) is 32.5 Å². The number of hydrogen-bond acceptors (Lipinski definition) is 10. The standard InChI is InChI=1S/C16H27BO2S.C16H17BrN2S2.C6H2Br2N2S/c1-6-7-8-9-10-13-11-14(20-12-13)17-18-15(2,3)16(4,5)19-17;1-2-3-4-5-6-11-9-14(20-10-11)12-7-8-13(17)16-15(12)18-21-19-16;7-3-1-2-4(8)6-5(3)9-11-10-6/h11-12H,6-10H2,1-5H3;7-10H,2-6H2,1H3;1-2H. The van der Waals surface area contributed by atoms with Crippen LogP contribution in [0.5, 0.6) is 0 Å². The Morgan fingerprint density at radius 3 is 1.60 bits per heavy atom. The summed E-state index contributed by atoms with van der Waals surface area (Å²) in [5.74, 6) is 0. The third kappa shape index (κ3) is 10.8. The highest BCUT2D eigenvalue weighted by Gasteiger charge is 2.52. The monoisotopic (exact) mass is 966 g/mol. The van der Waals surface area contributed by atoms with E-state index < -0.39 is 0 Å². The fraction of sp³-hybridized carbons (Fsp3) is 0.474. The van der Waals surface area contributed by atoms with Crippen LogP contribution < -0.4 is 4.78 Å². The van der Waals surface area contributed by atoms with Gasteiger partial charge in [-0.25, -0.2) is 0 Å². The van der Waals surface area contributed by atoms with Crippen molar-refractivity contribution in [3.63, 3.8) is 0 Å². The molecule has 1 saturated heterocycles. The van der Waals surface area contributed by atoms with Gasteiger partial charge < -0.3 is 9.31 Å². The Balaban J connectivity index is 0.000000158. The highest BCUT2D eigenvalue weighted by molar-refractivity contribution is 9.11. The zero-order valence-corrected chi connectivity index (χ0v) is 38.7. The summed E-state index contributed by atoms with van der Waals surface area (Å²) in [5.41, 5.74) is 7.40. The average molecular weight is 970 g/mol. The molecule has 1 aliphatic heterocycles. The number of thiophene rings is 2. The van der Waals surface area contributed by atoms with E-state index in [1.807, 2.05) is 23.5 Å². The predicted octanol–water partition coefficient (Wildman–Crippen LogP) is 13.7. The van der Waals surface area contributed by atoms with Crippen LogP contribution in [0.1, 0.15) is 104 Å². The molecule has 7 rings (SSSR count). The zero-order chi connectivity index (χ0) is 37.3. The lowest BCUT2D eigenvalue weighted by atomic mass is 9.87. The number of unbranched alkanes of at least 4 members (excludes halogenated alkanes) is 6. The number of fused-ring (bicyclic) bond motifs is 2. The Morgan fingerprint density at radius 1 is 0.596 bits per heavy atom. The molecule has 0 bridgehead atoms. The largest absolute Gasteiger partial charge is 0.505 e. The normalized spacial score (nSPS) is 14.8. The number of aromatic nitrogens is 4.